The predicted molar refractivity (Wildman–Crippen MR) is 137 cm³/mol. The molecule has 226 valence electrons. The molecule has 0 aromatic heterocycles. The largest absolute Gasteiger partial charge is 0.417 e. The molecule has 0 N–H and O–H groups in total. The first-order valence-corrected chi connectivity index (χ1v) is 13.9. The summed E-state index contributed by atoms with van der Waals surface area (Å²) in [4.78, 5) is 12.7. The van der Waals surface area contributed by atoms with E-state index in [1.807, 2.05) is 0 Å². The van der Waals surface area contributed by atoms with Gasteiger partial charge in [-0.05, 0) is 35.7 Å². The second-order valence-corrected chi connectivity index (χ2v) is 12.2. The highest BCUT2D eigenvalue weighted by Gasteiger charge is 2.48. The third-order valence-electron chi connectivity index (χ3n) is 6.16. The second-order valence-electron chi connectivity index (χ2n) is 9.18. The van der Waals surface area contributed by atoms with Crippen LogP contribution in [0.15, 0.2) is 36.4 Å². The van der Waals surface area contributed by atoms with E-state index < -0.39 is 81.1 Å². The minimum Gasteiger partial charge on any atom is -0.378 e. The van der Waals surface area contributed by atoms with E-state index in [0.717, 1.165) is 30.3 Å². The van der Waals surface area contributed by atoms with E-state index in [1.54, 1.807) is 0 Å². The zero-order chi connectivity index (χ0) is 31.0. The molecule has 2 aromatic carbocycles. The van der Waals surface area contributed by atoms with E-state index in [9.17, 15) is 48.5 Å². The SMILES string of the molecule is O=C(CCC1(S(=O)CC(F)(F)F)COC1)c1ccc(/C=C/C(c2cc(Cl)c(Cl)c(Cl)c2)C(F)(F)F)cc1C(F)(F)F. The maximum atomic E-state index is 13.8. The van der Waals surface area contributed by atoms with Gasteiger partial charge in [-0.15, -0.1) is 0 Å². The van der Waals surface area contributed by atoms with Crippen molar-refractivity contribution in [3.8, 4) is 0 Å². The molecule has 1 heterocycles. The summed E-state index contributed by atoms with van der Waals surface area (Å²) in [6.45, 7) is -0.716. The quantitative estimate of drug-likeness (QED) is 0.151. The summed E-state index contributed by atoms with van der Waals surface area (Å²) in [5.41, 5.74) is -3.05. The molecule has 0 amide bonds. The first-order chi connectivity index (χ1) is 18.7. The van der Waals surface area contributed by atoms with Crippen molar-refractivity contribution in [1.82, 2.24) is 0 Å². The lowest BCUT2D eigenvalue weighted by Crippen LogP contribution is -2.55. The van der Waals surface area contributed by atoms with Crippen molar-refractivity contribution in [2.45, 2.75) is 42.0 Å². The van der Waals surface area contributed by atoms with Gasteiger partial charge in [0.1, 0.15) is 5.75 Å². The number of hydrogen-bond donors (Lipinski definition) is 0. The fraction of sp³-hybridized carbons (Fsp3) is 0.400. The number of benzene rings is 2. The molecule has 3 nitrogen and oxygen atoms in total. The highest BCUT2D eigenvalue weighted by molar-refractivity contribution is 7.86. The fourth-order valence-electron chi connectivity index (χ4n) is 4.01. The van der Waals surface area contributed by atoms with Gasteiger partial charge in [-0.25, -0.2) is 0 Å². The van der Waals surface area contributed by atoms with Crippen molar-refractivity contribution in [2.24, 2.45) is 0 Å². The predicted octanol–water partition coefficient (Wildman–Crippen LogP) is 9.07. The van der Waals surface area contributed by atoms with Gasteiger partial charge in [0.25, 0.3) is 0 Å². The van der Waals surface area contributed by atoms with E-state index in [1.165, 1.54) is 0 Å². The van der Waals surface area contributed by atoms with Gasteiger partial charge >= 0.3 is 18.5 Å². The molecule has 16 heteroatoms. The Balaban J connectivity index is 1.88. The maximum Gasteiger partial charge on any atom is 0.417 e. The smallest absolute Gasteiger partial charge is 0.378 e. The van der Waals surface area contributed by atoms with Crippen LogP contribution >= 0.6 is 34.8 Å². The molecular formula is C25H18Cl3F9O3S. The third-order valence-corrected chi connectivity index (χ3v) is 9.36. The average Bonchev–Trinajstić information content (AvgIpc) is 2.79. The molecule has 3 rings (SSSR count). The number of allylic oxidation sites excluding steroid dienone is 1. The standard InChI is InChI=1S/C25H18Cl3F9O3S/c26-18-8-14(9-19(27)21(18)28)16(24(32,33)34)4-2-13-1-3-15(17(7-13)25(35,36)37)20(38)5-6-22(10-40-11-22)41(39)12-23(29,30)31/h1-4,7-9,16H,5-6,10-12H2/b4-2+. The monoisotopic (exact) mass is 674 g/mol. The van der Waals surface area contributed by atoms with Gasteiger partial charge in [0.2, 0.25) is 0 Å². The number of halogens is 12. The molecular weight excluding hydrogens is 658 g/mol. The average molecular weight is 676 g/mol. The van der Waals surface area contributed by atoms with Crippen LogP contribution < -0.4 is 0 Å². The van der Waals surface area contributed by atoms with Crippen LogP contribution in [0.2, 0.25) is 15.1 Å². The van der Waals surface area contributed by atoms with Crippen molar-refractivity contribution < 1.29 is 53.3 Å². The summed E-state index contributed by atoms with van der Waals surface area (Å²) >= 11 is 17.4. The minimum absolute atomic E-state index is 0.181. The van der Waals surface area contributed by atoms with E-state index >= 15 is 0 Å². The number of rotatable bonds is 9. The second kappa shape index (κ2) is 12.4. The van der Waals surface area contributed by atoms with Crippen molar-refractivity contribution in [3.05, 3.63) is 73.7 Å². The highest BCUT2D eigenvalue weighted by Crippen LogP contribution is 2.42. The first kappa shape index (κ1) is 33.7. The molecule has 1 saturated heterocycles. The summed E-state index contributed by atoms with van der Waals surface area (Å²) < 4.78 is 137. The number of ketones is 1. The zero-order valence-electron chi connectivity index (χ0n) is 20.3. The Bertz CT molecular complexity index is 1330. The highest BCUT2D eigenvalue weighted by atomic mass is 35.5. The van der Waals surface area contributed by atoms with Gasteiger partial charge in [-0.3, -0.25) is 9.00 Å². The molecule has 0 bridgehead atoms. The Morgan fingerprint density at radius 2 is 1.56 bits per heavy atom. The van der Waals surface area contributed by atoms with Gasteiger partial charge < -0.3 is 4.74 Å². The van der Waals surface area contributed by atoms with E-state index in [4.69, 9.17) is 39.5 Å². The topological polar surface area (TPSA) is 43.4 Å². The fourth-order valence-corrected chi connectivity index (χ4v) is 5.99. The summed E-state index contributed by atoms with van der Waals surface area (Å²) in [5, 5.41) is -0.715. The summed E-state index contributed by atoms with van der Waals surface area (Å²) in [5.74, 6) is -5.09. The third kappa shape index (κ3) is 8.40. The zero-order valence-corrected chi connectivity index (χ0v) is 23.4. The lowest BCUT2D eigenvalue weighted by Gasteiger charge is -2.40. The Labute approximate surface area is 245 Å². The number of ether oxygens (including phenoxy) is 1. The van der Waals surface area contributed by atoms with E-state index in [-0.39, 0.29) is 33.8 Å². The van der Waals surface area contributed by atoms with Crippen LogP contribution in [0.25, 0.3) is 6.08 Å². The van der Waals surface area contributed by atoms with Gasteiger partial charge in [0, 0.05) is 22.8 Å². The van der Waals surface area contributed by atoms with Crippen molar-refractivity contribution in [1.29, 1.82) is 0 Å². The Hall–Kier alpha value is -1.80. The normalized spacial score (nSPS) is 17.4. The Morgan fingerprint density at radius 3 is 2.02 bits per heavy atom. The Kier molecular flexibility index (Phi) is 10.2. The summed E-state index contributed by atoms with van der Waals surface area (Å²) in [7, 11) is -2.49. The summed E-state index contributed by atoms with van der Waals surface area (Å²) in [6, 6.07) is 4.06. The maximum absolute atomic E-state index is 13.8. The number of carbonyl (C=O) groups is 1. The molecule has 2 aromatic rings. The number of hydrogen-bond acceptors (Lipinski definition) is 3. The molecule has 0 saturated carbocycles. The number of Topliss-reactive ketones (excluding diaryl/α,β-unsaturated/α-hetero) is 1. The number of alkyl halides is 9. The molecule has 1 aliphatic heterocycles. The summed E-state index contributed by atoms with van der Waals surface area (Å²) in [6.07, 6.45) is -14.5. The van der Waals surface area contributed by atoms with Crippen LogP contribution in [0.4, 0.5) is 39.5 Å². The molecule has 0 spiro atoms. The molecule has 1 fully saturated rings. The van der Waals surface area contributed by atoms with Crippen LogP contribution in [0, 0.1) is 0 Å². The van der Waals surface area contributed by atoms with Crippen LogP contribution in [0.1, 0.15) is 45.8 Å². The molecule has 0 aliphatic carbocycles. The minimum atomic E-state index is -5.11. The van der Waals surface area contributed by atoms with Crippen LogP contribution in [0.3, 0.4) is 0 Å². The van der Waals surface area contributed by atoms with Gasteiger partial charge in [-0.2, -0.15) is 39.5 Å². The molecule has 1 aliphatic rings. The molecule has 2 atom stereocenters. The molecule has 0 radical (unpaired) electrons. The van der Waals surface area contributed by atoms with E-state index in [2.05, 4.69) is 0 Å². The van der Waals surface area contributed by atoms with Gasteiger partial charge in [0.05, 0.1) is 44.5 Å². The van der Waals surface area contributed by atoms with E-state index in [0.29, 0.717) is 12.1 Å². The lowest BCUT2D eigenvalue weighted by molar-refractivity contribution is -0.139. The van der Waals surface area contributed by atoms with Gasteiger partial charge in [-0.1, -0.05) is 59.1 Å². The van der Waals surface area contributed by atoms with Crippen LogP contribution in [-0.2, 0) is 21.7 Å². The Morgan fingerprint density at radius 1 is 0.976 bits per heavy atom. The van der Waals surface area contributed by atoms with Crippen molar-refractivity contribution in [2.75, 3.05) is 19.0 Å². The van der Waals surface area contributed by atoms with Crippen molar-refractivity contribution in [3.63, 3.8) is 0 Å². The number of carbonyl (C=O) groups excluding carboxylic acids is 1. The van der Waals surface area contributed by atoms with Crippen LogP contribution in [-0.4, -0.2) is 46.1 Å². The van der Waals surface area contributed by atoms with Gasteiger partial charge in [0.15, 0.2) is 5.78 Å². The van der Waals surface area contributed by atoms with Crippen LogP contribution in [0.5, 0.6) is 0 Å². The van der Waals surface area contributed by atoms with Crippen molar-refractivity contribution >= 4 is 57.5 Å². The molecule has 41 heavy (non-hydrogen) atoms. The first-order valence-electron chi connectivity index (χ1n) is 11.4. The lowest BCUT2D eigenvalue weighted by atomic mass is 9.92. The molecule has 2 unspecified atom stereocenters.